The van der Waals surface area contributed by atoms with Crippen molar-refractivity contribution in [3.8, 4) is 0 Å². The number of halogens is 1. The van der Waals surface area contributed by atoms with Gasteiger partial charge in [0.25, 0.3) is 0 Å². The number of benzene rings is 1. The molecule has 1 aromatic carbocycles. The van der Waals surface area contributed by atoms with Crippen LogP contribution in [0, 0.1) is 0 Å². The fourth-order valence-electron chi connectivity index (χ4n) is 1.63. The predicted molar refractivity (Wildman–Crippen MR) is 84.2 cm³/mol. The molecule has 21 heavy (non-hydrogen) atoms. The molecule has 0 bridgehead atoms. The first-order valence-corrected chi connectivity index (χ1v) is 8.43. The van der Waals surface area contributed by atoms with Crippen molar-refractivity contribution in [2.45, 2.75) is 18.6 Å². The van der Waals surface area contributed by atoms with Gasteiger partial charge in [-0.3, -0.25) is 4.79 Å². The fraction of sp³-hybridized carbons (Fsp3) is 0.462. The van der Waals surface area contributed by atoms with Gasteiger partial charge in [0.05, 0.1) is 17.1 Å². The van der Waals surface area contributed by atoms with Gasteiger partial charge < -0.3 is 15.8 Å². The quantitative estimate of drug-likeness (QED) is 0.584. The highest BCUT2D eigenvalue weighted by atomic mass is 35.5. The highest BCUT2D eigenvalue weighted by Gasteiger charge is 2.27. The van der Waals surface area contributed by atoms with Crippen molar-refractivity contribution in [2.75, 3.05) is 30.5 Å². The average Bonchev–Trinajstić information content (AvgIpc) is 2.41. The molecule has 0 saturated carbocycles. The Hall–Kier alpha value is -1.31. The van der Waals surface area contributed by atoms with Crippen LogP contribution in [-0.2, 0) is 19.4 Å². The molecule has 3 N–H and O–H groups in total. The Morgan fingerprint density at radius 2 is 2.14 bits per heavy atom. The van der Waals surface area contributed by atoms with Crippen molar-refractivity contribution < 1.29 is 17.9 Å². The van der Waals surface area contributed by atoms with E-state index in [0.29, 0.717) is 23.7 Å². The fourth-order valence-corrected chi connectivity index (χ4v) is 3.07. The average molecular weight is 335 g/mol. The second kappa shape index (κ2) is 7.63. The number of nitrogens with two attached hydrogens (primary N) is 1. The topological polar surface area (TPSA) is 98.5 Å². The molecule has 0 aromatic heterocycles. The van der Waals surface area contributed by atoms with Crippen molar-refractivity contribution in [1.29, 1.82) is 0 Å². The van der Waals surface area contributed by atoms with Crippen LogP contribution in [-0.4, -0.2) is 39.0 Å². The molecule has 0 spiro atoms. The minimum Gasteiger partial charge on any atom is -0.397 e. The summed E-state index contributed by atoms with van der Waals surface area (Å²) in [6.07, 6.45) is 0.347. The maximum atomic E-state index is 12.0. The zero-order valence-corrected chi connectivity index (χ0v) is 13.5. The molecule has 1 unspecified atom stereocenters. The largest absolute Gasteiger partial charge is 0.397 e. The monoisotopic (exact) mass is 334 g/mol. The van der Waals surface area contributed by atoms with E-state index in [9.17, 15) is 13.2 Å². The summed E-state index contributed by atoms with van der Waals surface area (Å²) in [5.41, 5.74) is 6.33. The zero-order chi connectivity index (χ0) is 16.0. The number of ether oxygens (including phenoxy) is 1. The number of methoxy groups -OCH3 is 1. The lowest BCUT2D eigenvalue weighted by atomic mass is 10.2. The molecule has 0 radical (unpaired) electrons. The van der Waals surface area contributed by atoms with E-state index in [-0.39, 0.29) is 11.4 Å². The van der Waals surface area contributed by atoms with Crippen LogP contribution in [0.25, 0.3) is 0 Å². The van der Waals surface area contributed by atoms with Crippen LogP contribution < -0.4 is 11.1 Å². The Morgan fingerprint density at radius 1 is 1.48 bits per heavy atom. The van der Waals surface area contributed by atoms with Crippen LogP contribution in [0.1, 0.15) is 13.3 Å². The SMILES string of the molecule is COCCCS(=O)(=O)C(C)C(=O)Nc1ccc(Cl)cc1N. The number of amides is 1. The van der Waals surface area contributed by atoms with Crippen molar-refractivity contribution in [3.05, 3.63) is 23.2 Å². The summed E-state index contributed by atoms with van der Waals surface area (Å²) in [7, 11) is -2.04. The number of nitrogen functional groups attached to an aromatic ring is 1. The lowest BCUT2D eigenvalue weighted by molar-refractivity contribution is -0.115. The van der Waals surface area contributed by atoms with E-state index in [2.05, 4.69) is 5.32 Å². The maximum Gasteiger partial charge on any atom is 0.242 e. The number of nitrogens with one attached hydrogen (secondary N) is 1. The number of hydrogen-bond donors (Lipinski definition) is 2. The molecule has 0 saturated heterocycles. The summed E-state index contributed by atoms with van der Waals surface area (Å²) in [6.45, 7) is 1.68. The van der Waals surface area contributed by atoms with Gasteiger partial charge in [0.1, 0.15) is 5.25 Å². The number of sulfone groups is 1. The molecule has 8 heteroatoms. The lowest BCUT2D eigenvalue weighted by Crippen LogP contribution is -2.34. The molecule has 1 aromatic rings. The molecule has 0 aliphatic rings. The number of carbonyl (C=O) groups is 1. The normalized spacial score (nSPS) is 12.9. The molecule has 0 aliphatic carbocycles. The standard InChI is InChI=1S/C13H19ClN2O4S/c1-9(21(18,19)7-3-6-20-2)13(17)16-12-5-4-10(14)8-11(12)15/h4-5,8-9H,3,6-7,15H2,1-2H3,(H,16,17). The Kier molecular flexibility index (Phi) is 6.44. The van der Waals surface area contributed by atoms with Gasteiger partial charge in [0.15, 0.2) is 9.84 Å². The van der Waals surface area contributed by atoms with Gasteiger partial charge in [-0.1, -0.05) is 11.6 Å². The van der Waals surface area contributed by atoms with Crippen LogP contribution in [0.15, 0.2) is 18.2 Å². The van der Waals surface area contributed by atoms with Gasteiger partial charge in [0, 0.05) is 18.7 Å². The third-order valence-corrected chi connectivity index (χ3v) is 5.34. The van der Waals surface area contributed by atoms with Gasteiger partial charge in [0.2, 0.25) is 5.91 Å². The number of anilines is 2. The van der Waals surface area contributed by atoms with Crippen molar-refractivity contribution in [1.82, 2.24) is 0 Å². The molecule has 6 nitrogen and oxygen atoms in total. The summed E-state index contributed by atoms with van der Waals surface area (Å²) in [4.78, 5) is 12.0. The molecule has 0 fully saturated rings. The summed E-state index contributed by atoms with van der Waals surface area (Å²) in [5, 5.41) is 1.77. The maximum absolute atomic E-state index is 12.0. The van der Waals surface area contributed by atoms with E-state index >= 15 is 0 Å². The van der Waals surface area contributed by atoms with Crippen LogP contribution in [0.5, 0.6) is 0 Å². The molecule has 1 amide bonds. The van der Waals surface area contributed by atoms with E-state index in [1.165, 1.54) is 26.2 Å². The Labute approximate surface area is 129 Å². The zero-order valence-electron chi connectivity index (χ0n) is 11.9. The molecule has 0 aliphatic heterocycles. The minimum absolute atomic E-state index is 0.106. The second-order valence-electron chi connectivity index (χ2n) is 4.58. The third kappa shape index (κ3) is 5.18. The van der Waals surface area contributed by atoms with Crippen LogP contribution in [0.2, 0.25) is 5.02 Å². The minimum atomic E-state index is -3.53. The highest BCUT2D eigenvalue weighted by molar-refractivity contribution is 7.92. The van der Waals surface area contributed by atoms with E-state index in [0.717, 1.165) is 0 Å². The summed E-state index contributed by atoms with van der Waals surface area (Å²) in [5.74, 6) is -0.729. The van der Waals surface area contributed by atoms with Crippen molar-refractivity contribution >= 4 is 38.7 Å². The number of rotatable bonds is 7. The summed E-state index contributed by atoms with van der Waals surface area (Å²) in [6, 6.07) is 4.57. The first-order valence-electron chi connectivity index (χ1n) is 6.34. The van der Waals surface area contributed by atoms with E-state index < -0.39 is 21.0 Å². The van der Waals surface area contributed by atoms with E-state index in [1.807, 2.05) is 0 Å². The Balaban J connectivity index is 2.74. The highest BCUT2D eigenvalue weighted by Crippen LogP contribution is 2.23. The molecule has 118 valence electrons. The third-order valence-electron chi connectivity index (χ3n) is 2.96. The molecular formula is C13H19ClN2O4S. The predicted octanol–water partition coefficient (Wildman–Crippen LogP) is 1.70. The summed E-state index contributed by atoms with van der Waals surface area (Å²) >= 11 is 5.76. The summed E-state index contributed by atoms with van der Waals surface area (Å²) < 4.78 is 28.8. The first-order chi connectivity index (χ1) is 9.77. The van der Waals surface area contributed by atoms with Gasteiger partial charge in [-0.25, -0.2) is 8.42 Å². The van der Waals surface area contributed by atoms with Crippen LogP contribution in [0.4, 0.5) is 11.4 Å². The molecule has 0 heterocycles. The van der Waals surface area contributed by atoms with E-state index in [1.54, 1.807) is 6.07 Å². The lowest BCUT2D eigenvalue weighted by Gasteiger charge is -2.14. The van der Waals surface area contributed by atoms with E-state index in [4.69, 9.17) is 22.1 Å². The van der Waals surface area contributed by atoms with Gasteiger partial charge in [-0.2, -0.15) is 0 Å². The van der Waals surface area contributed by atoms with Gasteiger partial charge in [-0.15, -0.1) is 0 Å². The van der Waals surface area contributed by atoms with Gasteiger partial charge >= 0.3 is 0 Å². The Bertz CT molecular complexity index is 604. The first kappa shape index (κ1) is 17.7. The Morgan fingerprint density at radius 3 is 2.71 bits per heavy atom. The van der Waals surface area contributed by atoms with Gasteiger partial charge in [-0.05, 0) is 31.5 Å². The van der Waals surface area contributed by atoms with Crippen LogP contribution >= 0.6 is 11.6 Å². The van der Waals surface area contributed by atoms with Crippen molar-refractivity contribution in [3.63, 3.8) is 0 Å². The van der Waals surface area contributed by atoms with Crippen molar-refractivity contribution in [2.24, 2.45) is 0 Å². The molecule has 1 atom stereocenters. The number of carbonyl (C=O) groups excluding carboxylic acids is 1. The van der Waals surface area contributed by atoms with Crippen LogP contribution in [0.3, 0.4) is 0 Å². The molecule has 1 rings (SSSR count). The smallest absolute Gasteiger partial charge is 0.242 e. The molecular weight excluding hydrogens is 316 g/mol. The second-order valence-corrected chi connectivity index (χ2v) is 7.45. The number of hydrogen-bond acceptors (Lipinski definition) is 5.